The second-order valence-electron chi connectivity index (χ2n) is 2.41. The molecule has 10 heteroatoms. The van der Waals surface area contributed by atoms with Crippen molar-refractivity contribution >= 4 is 28.0 Å². The fraction of sp³-hybridized carbons (Fsp3) is 0.500. The second-order valence-corrected chi connectivity index (χ2v) is 3.86. The van der Waals surface area contributed by atoms with Gasteiger partial charge in [-0.2, -0.15) is 8.42 Å². The topological polar surface area (TPSA) is 166 Å². The fourth-order valence-electron chi connectivity index (χ4n) is 0.370. The van der Waals surface area contributed by atoms with E-state index in [1.165, 1.54) is 0 Å². The van der Waals surface area contributed by atoms with Crippen LogP contribution < -0.4 is 0 Å². The number of carboxylic acid groups (broad SMARTS) is 3. The normalized spacial score (nSPS) is 9.81. The van der Waals surface area contributed by atoms with Gasteiger partial charge in [0, 0.05) is 0 Å². The van der Waals surface area contributed by atoms with E-state index >= 15 is 0 Å². The van der Waals surface area contributed by atoms with Gasteiger partial charge in [-0.3, -0.25) is 18.9 Å². The van der Waals surface area contributed by atoms with Crippen molar-refractivity contribution in [1.82, 2.24) is 0 Å². The van der Waals surface area contributed by atoms with E-state index in [1.807, 2.05) is 0 Å². The highest BCUT2D eigenvalue weighted by molar-refractivity contribution is 7.86. The van der Waals surface area contributed by atoms with Gasteiger partial charge in [0.2, 0.25) is 0 Å². The van der Waals surface area contributed by atoms with Crippen LogP contribution in [-0.2, 0) is 24.5 Å². The lowest BCUT2D eigenvalue weighted by Gasteiger charge is -1.85. The Hall–Kier alpha value is -1.68. The Morgan fingerprint density at radius 2 is 1.12 bits per heavy atom. The molecule has 4 N–H and O–H groups in total. The zero-order chi connectivity index (χ0) is 13.4. The van der Waals surface area contributed by atoms with Gasteiger partial charge in [-0.15, -0.1) is 0 Å². The van der Waals surface area contributed by atoms with Gasteiger partial charge in [-0.25, -0.2) is 0 Å². The molecule has 0 amide bonds. The molecule has 0 spiro atoms. The lowest BCUT2D eigenvalue weighted by molar-refractivity contribution is -0.143. The Kier molecular flexibility index (Phi) is 7.94. The first-order valence-electron chi connectivity index (χ1n) is 3.65. The van der Waals surface area contributed by atoms with Crippen LogP contribution in [0.3, 0.4) is 0 Å². The van der Waals surface area contributed by atoms with Crippen LogP contribution >= 0.6 is 0 Å². The summed E-state index contributed by atoms with van der Waals surface area (Å²) in [6, 6.07) is 0. The first-order valence-corrected chi connectivity index (χ1v) is 5.26. The van der Waals surface area contributed by atoms with Gasteiger partial charge in [0.25, 0.3) is 10.1 Å². The van der Waals surface area contributed by atoms with Gasteiger partial charge in [-0.05, 0) is 0 Å². The zero-order valence-corrected chi connectivity index (χ0v) is 8.68. The van der Waals surface area contributed by atoms with Crippen molar-refractivity contribution < 1.29 is 42.7 Å². The van der Waals surface area contributed by atoms with Gasteiger partial charge >= 0.3 is 17.9 Å². The first-order chi connectivity index (χ1) is 7.04. The van der Waals surface area contributed by atoms with E-state index in [4.69, 9.17) is 19.9 Å². The van der Waals surface area contributed by atoms with E-state index in [0.717, 1.165) is 0 Å². The summed E-state index contributed by atoms with van der Waals surface area (Å²) in [5.74, 6) is -4.94. The Labute approximate surface area is 90.1 Å². The zero-order valence-electron chi connectivity index (χ0n) is 7.86. The molecule has 0 heterocycles. The van der Waals surface area contributed by atoms with Crippen molar-refractivity contribution in [1.29, 1.82) is 0 Å². The molecule has 0 atom stereocenters. The van der Waals surface area contributed by atoms with E-state index in [-0.39, 0.29) is 12.8 Å². The molecule has 0 saturated heterocycles. The number of hydrogen-bond acceptors (Lipinski definition) is 5. The van der Waals surface area contributed by atoms with Crippen LogP contribution in [0.15, 0.2) is 0 Å². The summed E-state index contributed by atoms with van der Waals surface area (Å²) >= 11 is 0. The molecule has 0 aromatic heterocycles. The minimum absolute atomic E-state index is 0.296. The summed E-state index contributed by atoms with van der Waals surface area (Å²) in [5, 5.41) is 23.5. The fourth-order valence-corrected chi connectivity index (χ4v) is 0.682. The maximum Gasteiger partial charge on any atom is 0.321 e. The average molecular weight is 258 g/mol. The number of carboxylic acids is 3. The molecule has 0 saturated carbocycles. The maximum atomic E-state index is 9.64. The van der Waals surface area contributed by atoms with Crippen molar-refractivity contribution in [3.05, 3.63) is 0 Å². The third kappa shape index (κ3) is 22.8. The minimum atomic E-state index is -4.32. The summed E-state index contributed by atoms with van der Waals surface area (Å²) in [6.07, 6.45) is -0.593. The molecule has 0 aliphatic rings. The molecule has 0 unspecified atom stereocenters. The smallest absolute Gasteiger partial charge is 0.321 e. The molecule has 0 bridgehead atoms. The molecular weight excluding hydrogens is 248 g/mol. The second kappa shape index (κ2) is 7.59. The molecule has 0 aromatic carbocycles. The van der Waals surface area contributed by atoms with E-state index < -0.39 is 33.8 Å². The van der Waals surface area contributed by atoms with Crippen molar-refractivity contribution in [2.24, 2.45) is 0 Å². The Balaban J connectivity index is 0. The summed E-state index contributed by atoms with van der Waals surface area (Å²) in [5.41, 5.74) is 0. The minimum Gasteiger partial charge on any atom is -0.481 e. The third-order valence-corrected chi connectivity index (χ3v) is 1.47. The molecule has 9 nitrogen and oxygen atoms in total. The molecule has 0 aromatic rings. The predicted octanol–water partition coefficient (Wildman–Crippen LogP) is -1.11. The molecule has 94 valence electrons. The van der Waals surface area contributed by atoms with E-state index in [2.05, 4.69) is 0 Å². The quantitative estimate of drug-likeness (QED) is 0.447. The molecule has 0 rings (SSSR count). The van der Waals surface area contributed by atoms with Crippen LogP contribution in [0, 0.1) is 0 Å². The van der Waals surface area contributed by atoms with Crippen LogP contribution in [-0.4, -0.2) is 52.0 Å². The van der Waals surface area contributed by atoms with E-state index in [0.29, 0.717) is 0 Å². The molecule has 0 aliphatic carbocycles. The number of aliphatic carboxylic acids is 3. The number of carbonyl (C=O) groups is 3. The van der Waals surface area contributed by atoms with Crippen LogP contribution in [0.2, 0.25) is 0 Å². The summed E-state index contributed by atoms with van der Waals surface area (Å²) in [7, 11) is -4.32. The Morgan fingerprint density at radius 1 is 0.812 bits per heavy atom. The summed E-state index contributed by atoms with van der Waals surface area (Å²) in [4.78, 5) is 28.8. The molecule has 0 fully saturated rings. The summed E-state index contributed by atoms with van der Waals surface area (Å²) in [6.45, 7) is 0. The van der Waals surface area contributed by atoms with Crippen LogP contribution in [0.1, 0.15) is 12.8 Å². The largest absolute Gasteiger partial charge is 0.481 e. The lowest BCUT2D eigenvalue weighted by atomic mass is 10.3. The first kappa shape index (κ1) is 16.7. The monoisotopic (exact) mass is 258 g/mol. The van der Waals surface area contributed by atoms with E-state index in [1.54, 1.807) is 0 Å². The van der Waals surface area contributed by atoms with Gasteiger partial charge in [0.15, 0.2) is 5.75 Å². The van der Waals surface area contributed by atoms with E-state index in [9.17, 15) is 22.8 Å². The highest BCUT2D eigenvalue weighted by Gasteiger charge is 2.09. The average Bonchev–Trinajstić information content (AvgIpc) is 1.96. The highest BCUT2D eigenvalue weighted by Crippen LogP contribution is 1.86. The summed E-state index contributed by atoms with van der Waals surface area (Å²) < 4.78 is 27.0. The highest BCUT2D eigenvalue weighted by atomic mass is 32.2. The van der Waals surface area contributed by atoms with Gasteiger partial charge < -0.3 is 15.3 Å². The third-order valence-electron chi connectivity index (χ3n) is 0.859. The predicted molar refractivity (Wildman–Crippen MR) is 48.6 cm³/mol. The van der Waals surface area contributed by atoms with Gasteiger partial charge in [-0.1, -0.05) is 0 Å². The van der Waals surface area contributed by atoms with Crippen LogP contribution in [0.4, 0.5) is 0 Å². The van der Waals surface area contributed by atoms with Crippen LogP contribution in [0.5, 0.6) is 0 Å². The van der Waals surface area contributed by atoms with Crippen LogP contribution in [0.25, 0.3) is 0 Å². The SMILES string of the molecule is O=C(O)CCC(=O)O.O=C(O)CS(=O)(=O)O. The lowest BCUT2D eigenvalue weighted by Crippen LogP contribution is -2.13. The molecular formula is C6H10O9S. The standard InChI is InChI=1S/C4H6O4.C2H4O5S/c5-3(6)1-2-4(7)8;3-2(4)1-8(5,6)7/h1-2H2,(H,5,6)(H,7,8);1H2,(H,3,4)(H,5,6,7). The van der Waals surface area contributed by atoms with Crippen molar-refractivity contribution in [3.8, 4) is 0 Å². The van der Waals surface area contributed by atoms with Crippen molar-refractivity contribution in [2.75, 3.05) is 5.75 Å². The Morgan fingerprint density at radius 3 is 1.19 bits per heavy atom. The van der Waals surface area contributed by atoms with Crippen molar-refractivity contribution in [2.45, 2.75) is 12.8 Å². The van der Waals surface area contributed by atoms with Gasteiger partial charge in [0.05, 0.1) is 12.8 Å². The molecule has 16 heavy (non-hydrogen) atoms. The maximum absolute atomic E-state index is 9.64. The van der Waals surface area contributed by atoms with Gasteiger partial charge in [0.1, 0.15) is 0 Å². The molecule has 0 radical (unpaired) electrons. The molecule has 0 aliphatic heterocycles. The number of rotatable bonds is 5. The Bertz CT molecular complexity index is 340. The number of hydrogen-bond donors (Lipinski definition) is 4. The van der Waals surface area contributed by atoms with Crippen molar-refractivity contribution in [3.63, 3.8) is 0 Å².